The summed E-state index contributed by atoms with van der Waals surface area (Å²) >= 11 is 0. The number of fused-ring (bicyclic) bond motifs is 1. The lowest BCUT2D eigenvalue weighted by Crippen LogP contribution is -2.24. The molecule has 2 heteroatoms. The SMILES string of the molecule is CC(C)(C)Oc1cccc2c1CCCC2=O. The quantitative estimate of drug-likeness (QED) is 0.722. The predicted octanol–water partition coefficient (Wildman–Crippen LogP) is 3.38. The summed E-state index contributed by atoms with van der Waals surface area (Å²) in [6.45, 7) is 6.07. The number of benzene rings is 1. The minimum absolute atomic E-state index is 0.213. The van der Waals surface area contributed by atoms with E-state index >= 15 is 0 Å². The van der Waals surface area contributed by atoms with E-state index in [0.29, 0.717) is 6.42 Å². The van der Waals surface area contributed by atoms with Gasteiger partial charge in [0.05, 0.1) is 0 Å². The molecule has 2 nitrogen and oxygen atoms in total. The molecule has 86 valence electrons. The van der Waals surface area contributed by atoms with Gasteiger partial charge in [0.2, 0.25) is 0 Å². The van der Waals surface area contributed by atoms with Gasteiger partial charge >= 0.3 is 0 Å². The number of hydrogen-bond acceptors (Lipinski definition) is 2. The third-order valence-electron chi connectivity index (χ3n) is 2.68. The van der Waals surface area contributed by atoms with E-state index < -0.39 is 0 Å². The Morgan fingerprint density at radius 3 is 2.62 bits per heavy atom. The Morgan fingerprint density at radius 1 is 1.19 bits per heavy atom. The highest BCUT2D eigenvalue weighted by molar-refractivity contribution is 5.99. The van der Waals surface area contributed by atoms with Crippen LogP contribution in [0.4, 0.5) is 0 Å². The number of ether oxygens (including phenoxy) is 1. The van der Waals surface area contributed by atoms with Gasteiger partial charge in [-0.1, -0.05) is 12.1 Å². The summed E-state index contributed by atoms with van der Waals surface area (Å²) < 4.78 is 5.90. The fraction of sp³-hybridized carbons (Fsp3) is 0.500. The van der Waals surface area contributed by atoms with E-state index in [1.165, 1.54) is 0 Å². The van der Waals surface area contributed by atoms with E-state index in [0.717, 1.165) is 29.7 Å². The van der Waals surface area contributed by atoms with Gasteiger partial charge in [-0.2, -0.15) is 0 Å². The van der Waals surface area contributed by atoms with Crippen molar-refractivity contribution >= 4 is 5.78 Å². The molecule has 0 fully saturated rings. The molecule has 16 heavy (non-hydrogen) atoms. The van der Waals surface area contributed by atoms with Gasteiger partial charge in [0.1, 0.15) is 11.4 Å². The molecule has 0 saturated carbocycles. The molecule has 2 rings (SSSR count). The molecule has 1 aliphatic carbocycles. The molecule has 0 bridgehead atoms. The van der Waals surface area contributed by atoms with Crippen LogP contribution in [-0.2, 0) is 6.42 Å². The summed E-state index contributed by atoms with van der Waals surface area (Å²) in [7, 11) is 0. The van der Waals surface area contributed by atoms with Crippen LogP contribution in [0, 0.1) is 0 Å². The van der Waals surface area contributed by atoms with E-state index in [1.807, 2.05) is 39.0 Å². The van der Waals surface area contributed by atoms with Crippen molar-refractivity contribution in [1.29, 1.82) is 0 Å². The highest BCUT2D eigenvalue weighted by Crippen LogP contribution is 2.31. The molecule has 0 spiro atoms. The first-order valence-electron chi connectivity index (χ1n) is 5.81. The molecule has 0 aromatic heterocycles. The van der Waals surface area contributed by atoms with Crippen molar-refractivity contribution in [2.45, 2.75) is 45.6 Å². The summed E-state index contributed by atoms with van der Waals surface area (Å²) in [5.41, 5.74) is 1.73. The maximum atomic E-state index is 11.7. The van der Waals surface area contributed by atoms with Crippen LogP contribution in [0.2, 0.25) is 0 Å². The first-order valence-corrected chi connectivity index (χ1v) is 5.81. The average Bonchev–Trinajstić information content (AvgIpc) is 2.17. The molecular weight excluding hydrogens is 200 g/mol. The molecule has 0 atom stereocenters. The molecule has 0 aliphatic heterocycles. The number of Topliss-reactive ketones (excluding diaryl/α,β-unsaturated/α-hetero) is 1. The fourth-order valence-electron chi connectivity index (χ4n) is 2.07. The second-order valence-corrected chi connectivity index (χ2v) is 5.27. The van der Waals surface area contributed by atoms with Gasteiger partial charge in [0, 0.05) is 17.5 Å². The van der Waals surface area contributed by atoms with Gasteiger partial charge in [0.25, 0.3) is 0 Å². The number of carbonyl (C=O) groups is 1. The summed E-state index contributed by atoms with van der Waals surface area (Å²) in [4.78, 5) is 11.7. The van der Waals surface area contributed by atoms with Crippen molar-refractivity contribution in [1.82, 2.24) is 0 Å². The van der Waals surface area contributed by atoms with Crippen LogP contribution in [0.3, 0.4) is 0 Å². The Labute approximate surface area is 96.6 Å². The Hall–Kier alpha value is -1.31. The van der Waals surface area contributed by atoms with Crippen LogP contribution in [-0.4, -0.2) is 11.4 Å². The molecule has 0 N–H and O–H groups in total. The lowest BCUT2D eigenvalue weighted by molar-refractivity contribution is 0.0965. The second kappa shape index (κ2) is 3.93. The normalized spacial score (nSPS) is 15.8. The van der Waals surface area contributed by atoms with Crippen molar-refractivity contribution in [3.05, 3.63) is 29.3 Å². The Balaban J connectivity index is 2.40. The van der Waals surface area contributed by atoms with Gasteiger partial charge in [-0.05, 0) is 39.7 Å². The van der Waals surface area contributed by atoms with Gasteiger partial charge < -0.3 is 4.74 Å². The lowest BCUT2D eigenvalue weighted by atomic mass is 9.90. The first-order chi connectivity index (χ1) is 7.47. The number of hydrogen-bond donors (Lipinski definition) is 0. The van der Waals surface area contributed by atoms with Gasteiger partial charge in [-0.3, -0.25) is 4.79 Å². The van der Waals surface area contributed by atoms with Crippen LogP contribution in [0.15, 0.2) is 18.2 Å². The van der Waals surface area contributed by atoms with Crippen molar-refractivity contribution in [2.75, 3.05) is 0 Å². The molecule has 0 saturated heterocycles. The molecule has 0 amide bonds. The van der Waals surface area contributed by atoms with Crippen LogP contribution in [0.5, 0.6) is 5.75 Å². The predicted molar refractivity (Wildman–Crippen MR) is 64.1 cm³/mol. The van der Waals surface area contributed by atoms with Crippen LogP contribution in [0.1, 0.15) is 49.5 Å². The topological polar surface area (TPSA) is 26.3 Å². The zero-order chi connectivity index (χ0) is 11.8. The summed E-state index contributed by atoms with van der Waals surface area (Å²) in [6, 6.07) is 5.78. The third-order valence-corrected chi connectivity index (χ3v) is 2.68. The largest absolute Gasteiger partial charge is 0.488 e. The molecule has 1 aliphatic rings. The number of rotatable bonds is 1. The minimum atomic E-state index is -0.213. The van der Waals surface area contributed by atoms with Gasteiger partial charge in [-0.15, -0.1) is 0 Å². The maximum Gasteiger partial charge on any atom is 0.163 e. The van der Waals surface area contributed by atoms with Crippen LogP contribution in [0.25, 0.3) is 0 Å². The number of carbonyl (C=O) groups excluding carboxylic acids is 1. The first kappa shape index (κ1) is 11.2. The Kier molecular flexibility index (Phi) is 2.75. The monoisotopic (exact) mass is 218 g/mol. The Bertz CT molecular complexity index is 413. The maximum absolute atomic E-state index is 11.7. The van der Waals surface area contributed by atoms with E-state index in [2.05, 4.69) is 0 Å². The Morgan fingerprint density at radius 2 is 1.94 bits per heavy atom. The van der Waals surface area contributed by atoms with Crippen molar-refractivity contribution in [3.63, 3.8) is 0 Å². The van der Waals surface area contributed by atoms with E-state index in [4.69, 9.17) is 4.74 Å². The fourth-order valence-corrected chi connectivity index (χ4v) is 2.07. The highest BCUT2D eigenvalue weighted by Gasteiger charge is 2.22. The summed E-state index contributed by atoms with van der Waals surface area (Å²) in [6.07, 6.45) is 2.57. The van der Waals surface area contributed by atoms with Crippen molar-refractivity contribution in [2.24, 2.45) is 0 Å². The number of ketones is 1. The van der Waals surface area contributed by atoms with E-state index in [-0.39, 0.29) is 11.4 Å². The zero-order valence-corrected chi connectivity index (χ0v) is 10.2. The molecule has 1 aromatic rings. The van der Waals surface area contributed by atoms with Crippen LogP contribution >= 0.6 is 0 Å². The van der Waals surface area contributed by atoms with E-state index in [1.54, 1.807) is 0 Å². The zero-order valence-electron chi connectivity index (χ0n) is 10.2. The second-order valence-electron chi connectivity index (χ2n) is 5.27. The summed E-state index contributed by atoms with van der Waals surface area (Å²) in [5.74, 6) is 1.12. The third kappa shape index (κ3) is 2.26. The molecule has 0 heterocycles. The smallest absolute Gasteiger partial charge is 0.163 e. The lowest BCUT2D eigenvalue weighted by Gasteiger charge is -2.25. The minimum Gasteiger partial charge on any atom is -0.488 e. The van der Waals surface area contributed by atoms with Gasteiger partial charge in [0.15, 0.2) is 5.78 Å². The molecule has 0 radical (unpaired) electrons. The van der Waals surface area contributed by atoms with Gasteiger partial charge in [-0.25, -0.2) is 0 Å². The molecule has 0 unspecified atom stereocenters. The van der Waals surface area contributed by atoms with Crippen molar-refractivity contribution < 1.29 is 9.53 Å². The summed E-state index contributed by atoms with van der Waals surface area (Å²) in [5, 5.41) is 0. The standard InChI is InChI=1S/C14H18O2/c1-14(2,3)16-13-9-5-6-10-11(13)7-4-8-12(10)15/h5-6,9H,4,7-8H2,1-3H3. The highest BCUT2D eigenvalue weighted by atomic mass is 16.5. The van der Waals surface area contributed by atoms with Crippen LogP contribution < -0.4 is 4.74 Å². The van der Waals surface area contributed by atoms with E-state index in [9.17, 15) is 4.79 Å². The average molecular weight is 218 g/mol. The molecule has 1 aromatic carbocycles. The molecular formula is C14H18O2. The van der Waals surface area contributed by atoms with Crippen molar-refractivity contribution in [3.8, 4) is 5.75 Å².